The molecule has 0 aliphatic rings. The molecule has 19 heavy (non-hydrogen) atoms. The molecule has 0 radical (unpaired) electrons. The first-order valence-corrected chi connectivity index (χ1v) is 7.08. The van der Waals surface area contributed by atoms with Crippen LogP contribution >= 0.6 is 11.8 Å². The lowest BCUT2D eigenvalue weighted by atomic mass is 10.1. The number of ketones is 1. The summed E-state index contributed by atoms with van der Waals surface area (Å²) in [5, 5.41) is -0.0986. The highest BCUT2D eigenvalue weighted by molar-refractivity contribution is 7.99. The molecule has 1 unspecified atom stereocenters. The third kappa shape index (κ3) is 3.64. The normalized spacial score (nSPS) is 12.1. The number of hydrogen-bond donors (Lipinski definition) is 0. The van der Waals surface area contributed by atoms with Gasteiger partial charge in [-0.25, -0.2) is 0 Å². The largest absolute Gasteiger partial charge is 0.497 e. The molecule has 0 fully saturated rings. The minimum Gasteiger partial charge on any atom is -0.497 e. The van der Waals surface area contributed by atoms with Crippen molar-refractivity contribution in [2.75, 3.05) is 7.11 Å². The van der Waals surface area contributed by atoms with Crippen LogP contribution in [0.3, 0.4) is 0 Å². The number of rotatable bonds is 6. The average Bonchev–Trinajstić information content (AvgIpc) is 2.97. The lowest BCUT2D eigenvalue weighted by molar-refractivity contribution is 0.0994. The van der Waals surface area contributed by atoms with E-state index in [9.17, 15) is 4.79 Å². The van der Waals surface area contributed by atoms with E-state index in [0.717, 1.165) is 11.5 Å². The van der Waals surface area contributed by atoms with Crippen LogP contribution in [0.1, 0.15) is 23.0 Å². The van der Waals surface area contributed by atoms with E-state index in [1.165, 1.54) is 0 Å². The Balaban J connectivity index is 1.94. The molecule has 0 aliphatic carbocycles. The lowest BCUT2D eigenvalue weighted by Gasteiger charge is -2.09. The molecular formula is C15H16O3S. The fraction of sp³-hybridized carbons (Fsp3) is 0.267. The fourth-order valence-electron chi connectivity index (χ4n) is 1.67. The van der Waals surface area contributed by atoms with Crippen molar-refractivity contribution in [1.29, 1.82) is 0 Å². The summed E-state index contributed by atoms with van der Waals surface area (Å²) in [6.07, 6.45) is 1.64. The van der Waals surface area contributed by atoms with E-state index in [-0.39, 0.29) is 11.0 Å². The van der Waals surface area contributed by atoms with Crippen LogP contribution in [-0.2, 0) is 5.75 Å². The predicted molar refractivity (Wildman–Crippen MR) is 76.8 cm³/mol. The Morgan fingerprint density at radius 3 is 2.63 bits per heavy atom. The summed E-state index contributed by atoms with van der Waals surface area (Å²) in [5.74, 6) is 2.47. The van der Waals surface area contributed by atoms with Crippen molar-refractivity contribution < 1.29 is 13.9 Å². The van der Waals surface area contributed by atoms with Gasteiger partial charge in [-0.1, -0.05) is 0 Å². The highest BCUT2D eigenvalue weighted by atomic mass is 32.2. The summed E-state index contributed by atoms with van der Waals surface area (Å²) >= 11 is 1.57. The first kappa shape index (κ1) is 13.7. The number of furan rings is 1. The highest BCUT2D eigenvalue weighted by Crippen LogP contribution is 2.22. The van der Waals surface area contributed by atoms with Crippen LogP contribution in [-0.4, -0.2) is 18.1 Å². The topological polar surface area (TPSA) is 39.4 Å². The van der Waals surface area contributed by atoms with Gasteiger partial charge in [-0.15, -0.1) is 11.8 Å². The second-order valence-corrected chi connectivity index (χ2v) is 5.45. The zero-order valence-corrected chi connectivity index (χ0v) is 11.8. The van der Waals surface area contributed by atoms with Gasteiger partial charge in [-0.3, -0.25) is 4.79 Å². The standard InChI is InChI=1S/C15H16O3S/c1-11(19-10-14-4-3-9-18-14)15(16)12-5-7-13(17-2)8-6-12/h3-9,11H,10H2,1-2H3. The molecule has 1 atom stereocenters. The van der Waals surface area contributed by atoms with Gasteiger partial charge in [0.05, 0.1) is 24.4 Å². The summed E-state index contributed by atoms with van der Waals surface area (Å²) in [5.41, 5.74) is 0.709. The Labute approximate surface area is 117 Å². The molecule has 4 heteroatoms. The Bertz CT molecular complexity index is 517. The lowest BCUT2D eigenvalue weighted by Crippen LogP contribution is -2.13. The van der Waals surface area contributed by atoms with E-state index in [1.807, 2.05) is 19.1 Å². The SMILES string of the molecule is COc1ccc(C(=O)C(C)SCc2ccco2)cc1. The van der Waals surface area contributed by atoms with Gasteiger partial charge in [-0.2, -0.15) is 0 Å². The Morgan fingerprint density at radius 1 is 1.32 bits per heavy atom. The third-order valence-electron chi connectivity index (χ3n) is 2.80. The van der Waals surface area contributed by atoms with E-state index in [1.54, 1.807) is 49.4 Å². The van der Waals surface area contributed by atoms with Crippen molar-refractivity contribution in [3.8, 4) is 5.75 Å². The smallest absolute Gasteiger partial charge is 0.175 e. The average molecular weight is 276 g/mol. The zero-order chi connectivity index (χ0) is 13.7. The summed E-state index contributed by atoms with van der Waals surface area (Å²) < 4.78 is 10.3. The van der Waals surface area contributed by atoms with Crippen molar-refractivity contribution in [3.05, 3.63) is 54.0 Å². The first-order chi connectivity index (χ1) is 9.20. The van der Waals surface area contributed by atoms with Crippen molar-refractivity contribution in [3.63, 3.8) is 0 Å². The zero-order valence-electron chi connectivity index (χ0n) is 11.0. The molecule has 0 saturated heterocycles. The quantitative estimate of drug-likeness (QED) is 0.752. The van der Waals surface area contributed by atoms with Gasteiger partial charge in [-0.05, 0) is 43.3 Å². The third-order valence-corrected chi connectivity index (χ3v) is 3.96. The molecule has 2 rings (SSSR count). The highest BCUT2D eigenvalue weighted by Gasteiger charge is 2.16. The maximum absolute atomic E-state index is 12.2. The molecule has 0 amide bonds. The van der Waals surface area contributed by atoms with Crippen LogP contribution in [0.2, 0.25) is 0 Å². The van der Waals surface area contributed by atoms with Crippen molar-refractivity contribution >= 4 is 17.5 Å². The number of hydrogen-bond acceptors (Lipinski definition) is 4. The number of benzene rings is 1. The molecular weight excluding hydrogens is 260 g/mol. The van der Waals surface area contributed by atoms with E-state index in [0.29, 0.717) is 11.3 Å². The maximum Gasteiger partial charge on any atom is 0.175 e. The van der Waals surface area contributed by atoms with Crippen LogP contribution in [0.4, 0.5) is 0 Å². The molecule has 1 aromatic carbocycles. The summed E-state index contributed by atoms with van der Waals surface area (Å²) in [4.78, 5) is 12.2. The van der Waals surface area contributed by atoms with Crippen molar-refractivity contribution in [2.24, 2.45) is 0 Å². The van der Waals surface area contributed by atoms with Crippen molar-refractivity contribution in [1.82, 2.24) is 0 Å². The molecule has 3 nitrogen and oxygen atoms in total. The molecule has 1 aromatic heterocycles. The van der Waals surface area contributed by atoms with E-state index in [2.05, 4.69) is 0 Å². The van der Waals surface area contributed by atoms with Gasteiger partial charge >= 0.3 is 0 Å². The van der Waals surface area contributed by atoms with Gasteiger partial charge < -0.3 is 9.15 Å². The molecule has 0 saturated carbocycles. The first-order valence-electron chi connectivity index (χ1n) is 6.03. The Hall–Kier alpha value is -1.68. The Kier molecular flexibility index (Phi) is 4.68. The van der Waals surface area contributed by atoms with Gasteiger partial charge in [0.25, 0.3) is 0 Å². The van der Waals surface area contributed by atoms with Gasteiger partial charge in [0.1, 0.15) is 11.5 Å². The van der Waals surface area contributed by atoms with Gasteiger partial charge in [0.15, 0.2) is 5.78 Å². The van der Waals surface area contributed by atoms with Crippen LogP contribution in [0.25, 0.3) is 0 Å². The number of Topliss-reactive ketones (excluding diaryl/α,β-unsaturated/α-hetero) is 1. The number of carbonyl (C=O) groups excluding carboxylic acids is 1. The van der Waals surface area contributed by atoms with E-state index >= 15 is 0 Å². The van der Waals surface area contributed by atoms with Gasteiger partial charge in [0, 0.05) is 5.56 Å². The molecule has 1 heterocycles. The number of thioether (sulfide) groups is 1. The summed E-state index contributed by atoms with van der Waals surface area (Å²) in [6, 6.07) is 11.0. The number of carbonyl (C=O) groups is 1. The molecule has 2 aromatic rings. The molecule has 0 bridgehead atoms. The van der Waals surface area contributed by atoms with Gasteiger partial charge in [0.2, 0.25) is 0 Å². The Morgan fingerprint density at radius 2 is 2.05 bits per heavy atom. The summed E-state index contributed by atoms with van der Waals surface area (Å²) in [7, 11) is 1.61. The fourth-order valence-corrected chi connectivity index (χ4v) is 2.53. The predicted octanol–water partition coefficient (Wildman–Crippen LogP) is 3.79. The van der Waals surface area contributed by atoms with E-state index in [4.69, 9.17) is 9.15 Å². The second kappa shape index (κ2) is 6.48. The number of ether oxygens (including phenoxy) is 1. The second-order valence-electron chi connectivity index (χ2n) is 4.13. The molecule has 0 N–H and O–H groups in total. The molecule has 0 aliphatic heterocycles. The monoisotopic (exact) mass is 276 g/mol. The summed E-state index contributed by atoms with van der Waals surface area (Å²) in [6.45, 7) is 1.92. The minimum atomic E-state index is -0.0986. The minimum absolute atomic E-state index is 0.0986. The maximum atomic E-state index is 12.2. The van der Waals surface area contributed by atoms with Crippen LogP contribution < -0.4 is 4.74 Å². The van der Waals surface area contributed by atoms with Crippen LogP contribution in [0, 0.1) is 0 Å². The van der Waals surface area contributed by atoms with Crippen LogP contribution in [0.5, 0.6) is 5.75 Å². The van der Waals surface area contributed by atoms with Crippen molar-refractivity contribution in [2.45, 2.75) is 17.9 Å². The number of methoxy groups -OCH3 is 1. The van der Waals surface area contributed by atoms with Crippen LogP contribution in [0.15, 0.2) is 47.1 Å². The molecule has 0 spiro atoms. The van der Waals surface area contributed by atoms with E-state index < -0.39 is 0 Å². The molecule has 100 valence electrons.